The summed E-state index contributed by atoms with van der Waals surface area (Å²) in [4.78, 5) is 23.5. The van der Waals surface area contributed by atoms with Gasteiger partial charge in [-0.3, -0.25) is 9.59 Å². The molecule has 0 unspecified atom stereocenters. The van der Waals surface area contributed by atoms with Crippen molar-refractivity contribution in [3.8, 4) is 0 Å². The number of amides is 1. The van der Waals surface area contributed by atoms with Gasteiger partial charge in [-0.2, -0.15) is 13.2 Å². The number of nitrogens with one attached hydrogen (secondary N) is 1. The first-order valence-corrected chi connectivity index (χ1v) is 6.41. The van der Waals surface area contributed by atoms with Gasteiger partial charge in [-0.25, -0.2) is 0 Å². The molecule has 0 aliphatic heterocycles. The molecule has 0 saturated heterocycles. The third kappa shape index (κ3) is 3.94. The Morgan fingerprint density at radius 1 is 0.909 bits per heavy atom. The van der Waals surface area contributed by atoms with E-state index < -0.39 is 23.4 Å². The number of hydrogen-bond acceptors (Lipinski definition) is 2. The van der Waals surface area contributed by atoms with Gasteiger partial charge in [-0.15, -0.1) is 0 Å². The van der Waals surface area contributed by atoms with Crippen LogP contribution < -0.4 is 5.32 Å². The van der Waals surface area contributed by atoms with E-state index in [4.69, 9.17) is 0 Å². The van der Waals surface area contributed by atoms with Crippen molar-refractivity contribution in [2.45, 2.75) is 12.7 Å². The first kappa shape index (κ1) is 15.8. The molecule has 3 nitrogen and oxygen atoms in total. The molecule has 0 bridgehead atoms. The molecule has 0 radical (unpaired) electrons. The first-order chi connectivity index (χ1) is 10.4. The lowest BCUT2D eigenvalue weighted by atomic mass is 10.1. The number of carbonyl (C=O) groups excluding carboxylic acids is 2. The molecular weight excluding hydrogens is 295 g/mol. The van der Waals surface area contributed by atoms with Gasteiger partial charge in [-0.1, -0.05) is 42.5 Å². The Labute approximate surface area is 124 Å². The number of alkyl halides is 3. The van der Waals surface area contributed by atoms with E-state index in [9.17, 15) is 22.8 Å². The van der Waals surface area contributed by atoms with E-state index in [0.717, 1.165) is 29.8 Å². The van der Waals surface area contributed by atoms with Gasteiger partial charge < -0.3 is 5.32 Å². The summed E-state index contributed by atoms with van der Waals surface area (Å²) in [5, 5.41) is 2.43. The zero-order chi connectivity index (χ0) is 16.2. The van der Waals surface area contributed by atoms with Crippen molar-refractivity contribution >= 4 is 11.7 Å². The molecule has 1 N–H and O–H groups in total. The zero-order valence-electron chi connectivity index (χ0n) is 11.4. The van der Waals surface area contributed by atoms with Crippen molar-refractivity contribution < 1.29 is 22.8 Å². The first-order valence-electron chi connectivity index (χ1n) is 6.41. The molecule has 0 saturated carbocycles. The van der Waals surface area contributed by atoms with E-state index in [-0.39, 0.29) is 12.1 Å². The van der Waals surface area contributed by atoms with Gasteiger partial charge in [0, 0.05) is 12.1 Å². The third-order valence-electron chi connectivity index (χ3n) is 2.98. The maximum absolute atomic E-state index is 12.4. The molecule has 2 aromatic rings. The van der Waals surface area contributed by atoms with E-state index in [0.29, 0.717) is 0 Å². The number of carbonyl (C=O) groups is 2. The van der Waals surface area contributed by atoms with Crippen LogP contribution >= 0.6 is 0 Å². The molecule has 6 heteroatoms. The Morgan fingerprint density at radius 2 is 1.50 bits per heavy atom. The quantitative estimate of drug-likeness (QED) is 0.696. The number of hydrogen-bond donors (Lipinski definition) is 1. The molecule has 114 valence electrons. The van der Waals surface area contributed by atoms with E-state index in [1.165, 1.54) is 0 Å². The van der Waals surface area contributed by atoms with Crippen molar-refractivity contribution in [1.82, 2.24) is 5.32 Å². The minimum absolute atomic E-state index is 0.0847. The predicted octanol–water partition coefficient (Wildman–Crippen LogP) is 3.20. The largest absolute Gasteiger partial charge is 0.416 e. The van der Waals surface area contributed by atoms with Crippen LogP contribution in [0.2, 0.25) is 0 Å². The van der Waals surface area contributed by atoms with Crippen molar-refractivity contribution in [3.05, 3.63) is 71.3 Å². The molecular formula is C16H12F3NO2. The Kier molecular flexibility index (Phi) is 4.60. The maximum Gasteiger partial charge on any atom is 0.416 e. The van der Waals surface area contributed by atoms with Crippen molar-refractivity contribution in [2.75, 3.05) is 0 Å². The maximum atomic E-state index is 12.4. The van der Waals surface area contributed by atoms with Crippen LogP contribution in [0.25, 0.3) is 0 Å². The van der Waals surface area contributed by atoms with Crippen LogP contribution in [0.4, 0.5) is 13.2 Å². The van der Waals surface area contributed by atoms with E-state index in [1.807, 2.05) is 6.07 Å². The highest BCUT2D eigenvalue weighted by molar-refractivity contribution is 6.42. The van der Waals surface area contributed by atoms with Crippen LogP contribution in [0.15, 0.2) is 54.6 Å². The molecule has 2 aromatic carbocycles. The molecule has 0 heterocycles. The number of Topliss-reactive ketones (excluding diaryl/α,β-unsaturated/α-hetero) is 1. The van der Waals surface area contributed by atoms with E-state index in [1.54, 1.807) is 24.3 Å². The SMILES string of the molecule is O=C(NCc1ccccc1)C(=O)c1ccc(C(F)(F)F)cc1. The molecule has 0 aromatic heterocycles. The lowest BCUT2D eigenvalue weighted by Crippen LogP contribution is -2.30. The summed E-state index contributed by atoms with van der Waals surface area (Å²) in [7, 11) is 0. The summed E-state index contributed by atoms with van der Waals surface area (Å²) in [5.41, 5.74) is -0.136. The molecule has 0 aliphatic rings. The van der Waals surface area contributed by atoms with Crippen LogP contribution in [0.5, 0.6) is 0 Å². The fourth-order valence-corrected chi connectivity index (χ4v) is 1.80. The van der Waals surface area contributed by atoms with Gasteiger partial charge in [0.15, 0.2) is 0 Å². The second-order valence-electron chi connectivity index (χ2n) is 4.57. The van der Waals surface area contributed by atoms with Crippen LogP contribution in [-0.2, 0) is 17.5 Å². The predicted molar refractivity (Wildman–Crippen MR) is 74.1 cm³/mol. The van der Waals surface area contributed by atoms with Crippen LogP contribution in [-0.4, -0.2) is 11.7 Å². The fourth-order valence-electron chi connectivity index (χ4n) is 1.80. The van der Waals surface area contributed by atoms with Gasteiger partial charge in [0.1, 0.15) is 0 Å². The van der Waals surface area contributed by atoms with Gasteiger partial charge in [0.2, 0.25) is 5.78 Å². The summed E-state index contributed by atoms with van der Waals surface area (Å²) in [6.45, 7) is 0.173. The normalized spacial score (nSPS) is 11.0. The van der Waals surface area contributed by atoms with Crippen LogP contribution in [0.3, 0.4) is 0 Å². The Morgan fingerprint density at radius 3 is 2.05 bits per heavy atom. The molecule has 22 heavy (non-hydrogen) atoms. The average Bonchev–Trinajstić information content (AvgIpc) is 2.52. The Hall–Kier alpha value is -2.63. The number of ketones is 1. The zero-order valence-corrected chi connectivity index (χ0v) is 11.4. The van der Waals surface area contributed by atoms with Crippen molar-refractivity contribution in [3.63, 3.8) is 0 Å². The molecule has 0 fully saturated rings. The van der Waals surface area contributed by atoms with Gasteiger partial charge >= 0.3 is 6.18 Å². The van der Waals surface area contributed by atoms with Gasteiger partial charge in [0.25, 0.3) is 5.91 Å². The number of rotatable bonds is 4. The highest BCUT2D eigenvalue weighted by Gasteiger charge is 2.30. The van der Waals surface area contributed by atoms with Crippen molar-refractivity contribution in [2.24, 2.45) is 0 Å². The smallest absolute Gasteiger partial charge is 0.345 e. The molecule has 2 rings (SSSR count). The Balaban J connectivity index is 2.00. The summed E-state index contributed by atoms with van der Waals surface area (Å²) in [5.74, 6) is -1.73. The molecule has 0 aliphatic carbocycles. The molecule has 0 atom stereocenters. The summed E-state index contributed by atoms with van der Waals surface area (Å²) in [6, 6.07) is 12.5. The van der Waals surface area contributed by atoms with E-state index >= 15 is 0 Å². The minimum atomic E-state index is -4.48. The second-order valence-corrected chi connectivity index (χ2v) is 4.57. The topological polar surface area (TPSA) is 46.2 Å². The average molecular weight is 307 g/mol. The lowest BCUT2D eigenvalue weighted by molar-refractivity contribution is -0.137. The fraction of sp³-hybridized carbons (Fsp3) is 0.125. The van der Waals surface area contributed by atoms with Crippen molar-refractivity contribution in [1.29, 1.82) is 0 Å². The number of halogens is 3. The van der Waals surface area contributed by atoms with Gasteiger partial charge in [0.05, 0.1) is 5.56 Å². The number of benzene rings is 2. The monoisotopic (exact) mass is 307 g/mol. The highest BCUT2D eigenvalue weighted by Crippen LogP contribution is 2.29. The highest BCUT2D eigenvalue weighted by atomic mass is 19.4. The van der Waals surface area contributed by atoms with Crippen LogP contribution in [0.1, 0.15) is 21.5 Å². The lowest BCUT2D eigenvalue weighted by Gasteiger charge is -2.07. The standard InChI is InChI=1S/C16H12F3NO2/c17-16(18,19)13-8-6-12(7-9-13)14(21)15(22)20-10-11-4-2-1-3-5-11/h1-9H,10H2,(H,20,22). The molecule has 0 spiro atoms. The summed E-state index contributed by atoms with van der Waals surface area (Å²) in [6.07, 6.45) is -4.48. The molecule has 1 amide bonds. The van der Waals surface area contributed by atoms with Gasteiger partial charge in [-0.05, 0) is 17.7 Å². The van der Waals surface area contributed by atoms with Crippen LogP contribution in [0, 0.1) is 0 Å². The van der Waals surface area contributed by atoms with E-state index in [2.05, 4.69) is 5.32 Å². The summed E-state index contributed by atoms with van der Waals surface area (Å²) < 4.78 is 37.3. The minimum Gasteiger partial charge on any atom is -0.345 e. The summed E-state index contributed by atoms with van der Waals surface area (Å²) >= 11 is 0. The Bertz CT molecular complexity index is 664. The third-order valence-corrected chi connectivity index (χ3v) is 2.98. The second kappa shape index (κ2) is 6.43.